The van der Waals surface area contributed by atoms with Crippen LogP contribution in [0.5, 0.6) is 0 Å². The molecule has 0 spiro atoms. The molecule has 0 aromatic carbocycles. The Kier molecular flexibility index (Phi) is 8.70. The van der Waals surface area contributed by atoms with Crippen molar-refractivity contribution in [3.63, 3.8) is 0 Å². The molecule has 0 amide bonds. The summed E-state index contributed by atoms with van der Waals surface area (Å²) in [6, 6.07) is 0. The van der Waals surface area contributed by atoms with Gasteiger partial charge in [-0.25, -0.2) is 8.42 Å². The Morgan fingerprint density at radius 1 is 1.45 bits per heavy atom. The first-order valence-corrected chi connectivity index (χ1v) is 5.96. The van der Waals surface area contributed by atoms with Crippen molar-refractivity contribution in [2.45, 2.75) is 6.42 Å². The average Bonchev–Trinajstić information content (AvgIpc) is 1.59. The van der Waals surface area contributed by atoms with Crippen LogP contribution in [0.25, 0.3) is 0 Å². The molecule has 1 unspecified atom stereocenters. The summed E-state index contributed by atoms with van der Waals surface area (Å²) < 4.78 is 40.6. The Labute approximate surface area is 91.3 Å². The second kappa shape index (κ2) is 6.56. The van der Waals surface area contributed by atoms with Crippen LogP contribution >= 0.6 is 0 Å². The summed E-state index contributed by atoms with van der Waals surface area (Å²) in [5.41, 5.74) is 0. The normalized spacial score (nSPS) is 13.6. The average molecular weight is 208 g/mol. The minimum Gasteiger partial charge on any atom is -0.772 e. The molecule has 0 radical (unpaired) electrons. The van der Waals surface area contributed by atoms with Gasteiger partial charge in [-0.1, -0.05) is 11.1 Å². The van der Waals surface area contributed by atoms with Gasteiger partial charge in [-0.3, -0.25) is 4.21 Å². The van der Waals surface area contributed by atoms with E-state index in [0.29, 0.717) is 0 Å². The molecule has 0 saturated heterocycles. The molecule has 0 aromatic heterocycles. The van der Waals surface area contributed by atoms with Crippen LogP contribution < -0.4 is 29.6 Å². The van der Waals surface area contributed by atoms with E-state index in [4.69, 9.17) is 0 Å². The number of rotatable bonds is 4. The largest absolute Gasteiger partial charge is 1.00 e. The van der Waals surface area contributed by atoms with Crippen LogP contribution in [-0.2, 0) is 20.9 Å². The monoisotopic (exact) mass is 208 g/mol. The van der Waals surface area contributed by atoms with Crippen LogP contribution in [0, 0.1) is 0 Å². The number of hydrogen-bond acceptors (Lipinski definition) is 4. The van der Waals surface area contributed by atoms with Crippen molar-refractivity contribution in [1.82, 2.24) is 0 Å². The summed E-state index contributed by atoms with van der Waals surface area (Å²) in [6.45, 7) is 0. The van der Waals surface area contributed by atoms with Crippen molar-refractivity contribution >= 4 is 20.9 Å². The van der Waals surface area contributed by atoms with E-state index >= 15 is 0 Å². The van der Waals surface area contributed by atoms with E-state index < -0.39 is 20.9 Å². The fraction of sp³-hybridized carbons (Fsp3) is 1.00. The molecule has 0 fully saturated rings. The van der Waals surface area contributed by atoms with Gasteiger partial charge in [0, 0.05) is 12.0 Å². The third-order valence-corrected chi connectivity index (χ3v) is 2.48. The fourth-order valence-corrected chi connectivity index (χ4v) is 1.67. The van der Waals surface area contributed by atoms with Crippen LogP contribution in [0.1, 0.15) is 6.42 Å². The third kappa shape index (κ3) is 14.0. The van der Waals surface area contributed by atoms with Crippen molar-refractivity contribution in [2.75, 3.05) is 17.8 Å². The standard InChI is InChI=1S/C4H10O4S2.Na/c1-10(7,8)4-2-3-9(5)6;/h2-4H2,1H3,(H,5,6);/q;+1/p-1. The molecule has 0 aliphatic rings. The summed E-state index contributed by atoms with van der Waals surface area (Å²) in [5.74, 6) is -0.131. The molecule has 0 aliphatic heterocycles. The van der Waals surface area contributed by atoms with E-state index in [0.717, 1.165) is 6.26 Å². The number of sulfone groups is 1. The van der Waals surface area contributed by atoms with Crippen molar-refractivity contribution in [1.29, 1.82) is 0 Å². The van der Waals surface area contributed by atoms with Crippen LogP contribution in [0.4, 0.5) is 0 Å². The molecule has 62 valence electrons. The second-order valence-electron chi connectivity index (χ2n) is 1.99. The quantitative estimate of drug-likeness (QED) is 0.352. The summed E-state index contributed by atoms with van der Waals surface area (Å²) in [5, 5.41) is 0. The summed E-state index contributed by atoms with van der Waals surface area (Å²) in [4.78, 5) is 0. The molecule has 0 aromatic rings. The van der Waals surface area contributed by atoms with Crippen molar-refractivity contribution in [3.05, 3.63) is 0 Å². The van der Waals surface area contributed by atoms with Crippen LogP contribution in [0.3, 0.4) is 0 Å². The zero-order chi connectivity index (χ0) is 8.20. The smallest absolute Gasteiger partial charge is 0.772 e. The molecule has 0 bridgehead atoms. The van der Waals surface area contributed by atoms with Gasteiger partial charge < -0.3 is 4.55 Å². The summed E-state index contributed by atoms with van der Waals surface area (Å²) in [6.07, 6.45) is 1.27. The molecule has 1 atom stereocenters. The van der Waals surface area contributed by atoms with Gasteiger partial charge in [-0.05, 0) is 6.42 Å². The van der Waals surface area contributed by atoms with Crippen LogP contribution in [0.15, 0.2) is 0 Å². The van der Waals surface area contributed by atoms with Gasteiger partial charge in [0.2, 0.25) is 0 Å². The van der Waals surface area contributed by atoms with E-state index in [2.05, 4.69) is 0 Å². The second-order valence-corrected chi connectivity index (χ2v) is 5.27. The first-order chi connectivity index (χ1) is 4.42. The molecule has 7 heteroatoms. The minimum atomic E-state index is -2.99. The zero-order valence-corrected chi connectivity index (χ0v) is 10.2. The first kappa shape index (κ1) is 14.6. The van der Waals surface area contributed by atoms with E-state index in [-0.39, 0.29) is 47.5 Å². The Morgan fingerprint density at radius 3 is 2.18 bits per heavy atom. The Balaban J connectivity index is 0. The maximum atomic E-state index is 10.4. The van der Waals surface area contributed by atoms with Gasteiger partial charge in [0.05, 0.1) is 5.75 Å². The van der Waals surface area contributed by atoms with Crippen LogP contribution in [0.2, 0.25) is 0 Å². The summed E-state index contributed by atoms with van der Waals surface area (Å²) in [7, 11) is -2.99. The molecule has 0 rings (SSSR count). The third-order valence-electron chi connectivity index (χ3n) is 0.826. The van der Waals surface area contributed by atoms with Gasteiger partial charge in [0.1, 0.15) is 9.84 Å². The van der Waals surface area contributed by atoms with E-state index in [1.54, 1.807) is 0 Å². The number of hydrogen-bond donors (Lipinski definition) is 0. The molecule has 4 nitrogen and oxygen atoms in total. The van der Waals surface area contributed by atoms with E-state index in [9.17, 15) is 17.2 Å². The molecule has 0 N–H and O–H groups in total. The minimum absolute atomic E-state index is 0. The Morgan fingerprint density at radius 2 is 1.91 bits per heavy atom. The van der Waals surface area contributed by atoms with Gasteiger partial charge in [-0.2, -0.15) is 0 Å². The van der Waals surface area contributed by atoms with E-state index in [1.165, 1.54) is 0 Å². The van der Waals surface area contributed by atoms with Gasteiger partial charge in [-0.15, -0.1) is 0 Å². The van der Waals surface area contributed by atoms with Crippen molar-refractivity contribution < 1.29 is 46.7 Å². The van der Waals surface area contributed by atoms with Crippen LogP contribution in [-0.4, -0.2) is 34.9 Å². The van der Waals surface area contributed by atoms with Gasteiger partial charge in [0.25, 0.3) is 0 Å². The predicted molar refractivity (Wildman–Crippen MR) is 38.1 cm³/mol. The summed E-state index contributed by atoms with van der Waals surface area (Å²) >= 11 is -2.11. The molecule has 0 heterocycles. The Hall–Kier alpha value is 1.06. The van der Waals surface area contributed by atoms with Gasteiger partial charge in [0.15, 0.2) is 0 Å². The molecule has 0 aliphatic carbocycles. The first-order valence-electron chi connectivity index (χ1n) is 2.65. The molecule has 0 saturated carbocycles. The maximum Gasteiger partial charge on any atom is 1.00 e. The van der Waals surface area contributed by atoms with Crippen molar-refractivity contribution in [2.24, 2.45) is 0 Å². The topological polar surface area (TPSA) is 74.3 Å². The maximum absolute atomic E-state index is 10.4. The predicted octanol–water partition coefficient (Wildman–Crippen LogP) is -3.70. The SMILES string of the molecule is CS(=O)(=O)CCCS(=O)[O-].[Na+]. The van der Waals surface area contributed by atoms with E-state index in [1.807, 2.05) is 0 Å². The molecular weight excluding hydrogens is 199 g/mol. The molecular formula is C4H9NaO4S2. The zero-order valence-electron chi connectivity index (χ0n) is 6.57. The molecule has 11 heavy (non-hydrogen) atoms. The van der Waals surface area contributed by atoms with Crippen molar-refractivity contribution in [3.8, 4) is 0 Å². The van der Waals surface area contributed by atoms with Gasteiger partial charge >= 0.3 is 29.6 Å². The fourth-order valence-electron chi connectivity index (χ4n) is 0.439. The Bertz CT molecular complexity index is 210.